The van der Waals surface area contributed by atoms with Crippen LogP contribution in [0.4, 0.5) is 10.1 Å². The van der Waals surface area contributed by atoms with Crippen molar-refractivity contribution in [3.63, 3.8) is 0 Å². The first kappa shape index (κ1) is 25.9. The number of benzene rings is 3. The van der Waals surface area contributed by atoms with Crippen molar-refractivity contribution in [3.8, 4) is 0 Å². The molecule has 0 aliphatic carbocycles. The van der Waals surface area contributed by atoms with Crippen molar-refractivity contribution >= 4 is 16.6 Å². The van der Waals surface area contributed by atoms with Crippen LogP contribution < -0.4 is 10.5 Å². The summed E-state index contributed by atoms with van der Waals surface area (Å²) >= 11 is 0. The first-order valence-corrected chi connectivity index (χ1v) is 13.8. The minimum atomic E-state index is -0.417. The fraction of sp³-hybridized carbons (Fsp3) is 0.290. The van der Waals surface area contributed by atoms with E-state index in [9.17, 15) is 9.18 Å². The van der Waals surface area contributed by atoms with Gasteiger partial charge in [0.25, 0.3) is 5.56 Å². The summed E-state index contributed by atoms with van der Waals surface area (Å²) in [7, 11) is 0. The molecule has 3 heterocycles. The van der Waals surface area contributed by atoms with E-state index in [1.54, 1.807) is 0 Å². The van der Waals surface area contributed by atoms with Crippen molar-refractivity contribution in [1.29, 1.82) is 0 Å². The van der Waals surface area contributed by atoms with Gasteiger partial charge in [-0.2, -0.15) is 0 Å². The average molecular weight is 538 g/mol. The monoisotopic (exact) mass is 537 g/mol. The van der Waals surface area contributed by atoms with Crippen LogP contribution in [0.2, 0.25) is 0 Å². The lowest BCUT2D eigenvalue weighted by atomic mass is 10.0. The van der Waals surface area contributed by atoms with Crippen molar-refractivity contribution < 1.29 is 4.39 Å². The van der Waals surface area contributed by atoms with E-state index in [1.165, 1.54) is 23.3 Å². The molecule has 1 N–H and O–H groups in total. The van der Waals surface area contributed by atoms with Crippen LogP contribution in [0.5, 0.6) is 0 Å². The van der Waals surface area contributed by atoms with Gasteiger partial charge in [0.05, 0.1) is 0 Å². The molecule has 1 aliphatic heterocycles. The zero-order valence-electron chi connectivity index (χ0n) is 22.5. The number of aryl methyl sites for hydroxylation is 3. The van der Waals surface area contributed by atoms with Crippen molar-refractivity contribution in [3.05, 3.63) is 118 Å². The van der Waals surface area contributed by atoms with Crippen LogP contribution in [0, 0.1) is 5.82 Å². The molecule has 0 spiro atoms. The number of hydrogen-bond acceptors (Lipinski definition) is 6. The Balaban J connectivity index is 1.35. The second-order valence-electron chi connectivity index (χ2n) is 10.2. The number of hydrogen-bond donors (Lipinski definition) is 1. The van der Waals surface area contributed by atoms with E-state index in [2.05, 4.69) is 55.4 Å². The molecule has 8 nitrogen and oxygen atoms in total. The fourth-order valence-corrected chi connectivity index (χ4v) is 5.53. The lowest BCUT2D eigenvalue weighted by Crippen LogP contribution is -2.49. The van der Waals surface area contributed by atoms with E-state index in [-0.39, 0.29) is 11.4 Å². The molecular formula is C31H32FN7O. The molecule has 0 amide bonds. The molecule has 1 aliphatic rings. The summed E-state index contributed by atoms with van der Waals surface area (Å²) in [6.07, 6.45) is 1.69. The third-order valence-electron chi connectivity index (χ3n) is 7.77. The van der Waals surface area contributed by atoms with Gasteiger partial charge in [-0.05, 0) is 82.2 Å². The molecular weight excluding hydrogens is 505 g/mol. The standard InChI is InChI=1S/C31H32FN7O/c1-2-22-8-13-28-24(20-22)21-27(31(40)33-28)29(30-34-35-36-39(30)15-14-23-6-4-3-5-7-23)38-18-16-37(17-19-38)26-11-9-25(32)10-12-26/h3-13,20-21,29H,2,14-19H2,1H3,(H,33,40)/t29-/m1/s1. The minimum absolute atomic E-state index is 0.139. The number of rotatable bonds is 8. The highest BCUT2D eigenvalue weighted by atomic mass is 19.1. The zero-order valence-corrected chi connectivity index (χ0v) is 22.5. The van der Waals surface area contributed by atoms with E-state index in [0.717, 1.165) is 42.5 Å². The highest BCUT2D eigenvalue weighted by Crippen LogP contribution is 2.29. The van der Waals surface area contributed by atoms with Gasteiger partial charge in [0, 0.05) is 49.5 Å². The summed E-state index contributed by atoms with van der Waals surface area (Å²) < 4.78 is 15.3. The maximum absolute atomic E-state index is 13.6. The van der Waals surface area contributed by atoms with Gasteiger partial charge in [0.2, 0.25) is 0 Å². The van der Waals surface area contributed by atoms with Crippen molar-refractivity contribution in [1.82, 2.24) is 30.1 Å². The number of H-pyrrole nitrogens is 1. The lowest BCUT2D eigenvalue weighted by Gasteiger charge is -2.39. The number of aromatic amines is 1. The van der Waals surface area contributed by atoms with Gasteiger partial charge in [0.1, 0.15) is 11.9 Å². The fourth-order valence-electron chi connectivity index (χ4n) is 5.53. The Hall–Kier alpha value is -4.37. The molecule has 2 aromatic heterocycles. The number of halogens is 1. The Kier molecular flexibility index (Phi) is 7.37. The highest BCUT2D eigenvalue weighted by molar-refractivity contribution is 5.80. The smallest absolute Gasteiger partial charge is 0.253 e. The molecule has 3 aromatic carbocycles. The molecule has 5 aromatic rings. The highest BCUT2D eigenvalue weighted by Gasteiger charge is 2.32. The van der Waals surface area contributed by atoms with Gasteiger partial charge < -0.3 is 9.88 Å². The summed E-state index contributed by atoms with van der Waals surface area (Å²) in [4.78, 5) is 21.2. The number of aromatic nitrogens is 5. The number of nitrogens with one attached hydrogen (secondary N) is 1. The maximum atomic E-state index is 13.6. The Morgan fingerprint density at radius 2 is 1.70 bits per heavy atom. The van der Waals surface area contributed by atoms with Crippen molar-refractivity contribution in [2.75, 3.05) is 31.1 Å². The van der Waals surface area contributed by atoms with E-state index >= 15 is 0 Å². The summed E-state index contributed by atoms with van der Waals surface area (Å²) in [5, 5.41) is 13.8. The number of fused-ring (bicyclic) bond motifs is 1. The first-order valence-electron chi connectivity index (χ1n) is 13.8. The molecule has 0 radical (unpaired) electrons. The number of pyridine rings is 1. The van der Waals surface area contributed by atoms with Crippen LogP contribution in [-0.2, 0) is 19.4 Å². The zero-order chi connectivity index (χ0) is 27.5. The second kappa shape index (κ2) is 11.4. The van der Waals surface area contributed by atoms with Gasteiger partial charge in [-0.25, -0.2) is 9.07 Å². The quantitative estimate of drug-likeness (QED) is 0.317. The predicted molar refractivity (Wildman–Crippen MR) is 154 cm³/mol. The SMILES string of the molecule is CCc1ccc2[nH]c(=O)c([C@H](c3nnnn3CCc3ccccc3)N3CCN(c4ccc(F)cc4)CC3)cc2c1. The largest absolute Gasteiger partial charge is 0.369 e. The second-order valence-corrected chi connectivity index (χ2v) is 10.2. The Labute approximate surface area is 232 Å². The van der Waals surface area contributed by atoms with Crippen LogP contribution in [0.1, 0.15) is 35.5 Å². The molecule has 0 unspecified atom stereocenters. The van der Waals surface area contributed by atoms with E-state index in [0.29, 0.717) is 31.0 Å². The van der Waals surface area contributed by atoms with Gasteiger partial charge in [-0.1, -0.05) is 43.3 Å². The van der Waals surface area contributed by atoms with E-state index in [1.807, 2.05) is 53.2 Å². The molecule has 204 valence electrons. The Morgan fingerprint density at radius 1 is 0.925 bits per heavy atom. The van der Waals surface area contributed by atoms with Crippen LogP contribution in [0.3, 0.4) is 0 Å². The Bertz CT molecular complexity index is 1640. The summed E-state index contributed by atoms with van der Waals surface area (Å²) in [5.41, 5.74) is 4.70. The van der Waals surface area contributed by atoms with Crippen molar-refractivity contribution in [2.45, 2.75) is 32.4 Å². The number of anilines is 1. The maximum Gasteiger partial charge on any atom is 0.253 e. The Morgan fingerprint density at radius 3 is 2.45 bits per heavy atom. The molecule has 9 heteroatoms. The molecule has 0 bridgehead atoms. The van der Waals surface area contributed by atoms with Gasteiger partial charge in [0.15, 0.2) is 5.82 Å². The third kappa shape index (κ3) is 5.37. The minimum Gasteiger partial charge on any atom is -0.369 e. The summed E-state index contributed by atoms with van der Waals surface area (Å²) in [6, 6.07) is 24.6. The van der Waals surface area contributed by atoms with E-state index < -0.39 is 6.04 Å². The van der Waals surface area contributed by atoms with Crippen molar-refractivity contribution in [2.24, 2.45) is 0 Å². The summed E-state index contributed by atoms with van der Waals surface area (Å²) in [5.74, 6) is 0.411. The topological polar surface area (TPSA) is 82.9 Å². The molecule has 1 atom stereocenters. The van der Waals surface area contributed by atoms with Gasteiger partial charge >= 0.3 is 0 Å². The molecule has 1 saturated heterocycles. The van der Waals surface area contributed by atoms with Crippen LogP contribution >= 0.6 is 0 Å². The normalized spacial score (nSPS) is 15.0. The number of tetrazole rings is 1. The van der Waals surface area contributed by atoms with E-state index in [4.69, 9.17) is 0 Å². The summed E-state index contributed by atoms with van der Waals surface area (Å²) in [6.45, 7) is 5.58. The molecule has 6 rings (SSSR count). The molecule has 40 heavy (non-hydrogen) atoms. The molecule has 0 saturated carbocycles. The van der Waals surface area contributed by atoms with Gasteiger partial charge in [-0.3, -0.25) is 9.69 Å². The average Bonchev–Trinajstić information content (AvgIpc) is 3.45. The third-order valence-corrected chi connectivity index (χ3v) is 7.77. The van der Waals surface area contributed by atoms with Crippen LogP contribution in [-0.4, -0.2) is 56.3 Å². The number of nitrogens with zero attached hydrogens (tertiary/aromatic N) is 6. The van der Waals surface area contributed by atoms with Gasteiger partial charge in [-0.15, -0.1) is 5.10 Å². The number of piperazine rings is 1. The molecule has 1 fully saturated rings. The predicted octanol–water partition coefficient (Wildman–Crippen LogP) is 4.37. The van der Waals surface area contributed by atoms with Crippen LogP contribution in [0.25, 0.3) is 10.9 Å². The first-order chi connectivity index (χ1) is 19.6. The lowest BCUT2D eigenvalue weighted by molar-refractivity contribution is 0.199. The van der Waals surface area contributed by atoms with Crippen LogP contribution in [0.15, 0.2) is 83.7 Å².